The minimum Gasteiger partial charge on any atom is -0.383 e. The number of nitrogens with zero attached hydrogens (tertiary/aromatic N) is 2. The van der Waals surface area contributed by atoms with Gasteiger partial charge < -0.3 is 9.64 Å². The van der Waals surface area contributed by atoms with Gasteiger partial charge in [-0.3, -0.25) is 4.90 Å². The van der Waals surface area contributed by atoms with E-state index >= 15 is 0 Å². The van der Waals surface area contributed by atoms with Crippen LogP contribution in [0.2, 0.25) is 0 Å². The Morgan fingerprint density at radius 1 is 0.938 bits per heavy atom. The molecule has 1 saturated heterocycles. The zero-order valence-corrected chi connectivity index (χ0v) is 11.5. The first kappa shape index (κ1) is 13.9. The van der Waals surface area contributed by atoms with Gasteiger partial charge in [0.05, 0.1) is 6.61 Å². The number of methoxy groups -OCH3 is 1. The SMILES string of the molecule is COCCN1CCN(CCC(C)(C)C)CC1. The van der Waals surface area contributed by atoms with Crippen molar-refractivity contribution in [3.05, 3.63) is 0 Å². The van der Waals surface area contributed by atoms with Gasteiger partial charge in [0.2, 0.25) is 0 Å². The van der Waals surface area contributed by atoms with Crippen molar-refractivity contribution in [2.24, 2.45) is 5.41 Å². The largest absolute Gasteiger partial charge is 0.383 e. The lowest BCUT2D eigenvalue weighted by Gasteiger charge is -2.35. The van der Waals surface area contributed by atoms with Crippen molar-refractivity contribution in [2.45, 2.75) is 27.2 Å². The van der Waals surface area contributed by atoms with Gasteiger partial charge in [0.15, 0.2) is 0 Å². The normalized spacial score (nSPS) is 20.2. The second-order valence-electron chi connectivity index (χ2n) is 5.99. The number of ether oxygens (including phenoxy) is 1. The molecule has 1 fully saturated rings. The van der Waals surface area contributed by atoms with Crippen LogP contribution in [0.5, 0.6) is 0 Å². The van der Waals surface area contributed by atoms with Crippen molar-refractivity contribution in [1.82, 2.24) is 9.80 Å². The fraction of sp³-hybridized carbons (Fsp3) is 1.00. The predicted octanol–water partition coefficient (Wildman–Crippen LogP) is 1.69. The molecule has 0 aliphatic carbocycles. The van der Waals surface area contributed by atoms with Crippen molar-refractivity contribution in [1.29, 1.82) is 0 Å². The van der Waals surface area contributed by atoms with E-state index in [2.05, 4.69) is 30.6 Å². The summed E-state index contributed by atoms with van der Waals surface area (Å²) in [4.78, 5) is 5.09. The van der Waals surface area contributed by atoms with Crippen molar-refractivity contribution in [3.63, 3.8) is 0 Å². The Kier molecular flexibility index (Phi) is 5.73. The highest BCUT2D eigenvalue weighted by Crippen LogP contribution is 2.19. The summed E-state index contributed by atoms with van der Waals surface area (Å²) in [5.74, 6) is 0. The zero-order valence-electron chi connectivity index (χ0n) is 11.5. The molecule has 0 spiro atoms. The van der Waals surface area contributed by atoms with Gasteiger partial charge >= 0.3 is 0 Å². The molecule has 1 aliphatic heterocycles. The Hall–Kier alpha value is -0.120. The third-order valence-corrected chi connectivity index (χ3v) is 3.25. The minimum atomic E-state index is 0.465. The quantitative estimate of drug-likeness (QED) is 0.712. The molecular formula is C13H28N2O. The summed E-state index contributed by atoms with van der Waals surface area (Å²) >= 11 is 0. The smallest absolute Gasteiger partial charge is 0.0589 e. The molecule has 96 valence electrons. The summed E-state index contributed by atoms with van der Waals surface area (Å²) in [6.45, 7) is 15.0. The Labute approximate surface area is 101 Å². The molecule has 16 heavy (non-hydrogen) atoms. The molecule has 0 aromatic carbocycles. The zero-order chi connectivity index (χ0) is 12.0. The molecule has 0 atom stereocenters. The van der Waals surface area contributed by atoms with Crippen LogP contribution in [0.15, 0.2) is 0 Å². The van der Waals surface area contributed by atoms with Crippen LogP contribution >= 0.6 is 0 Å². The molecule has 0 aromatic rings. The van der Waals surface area contributed by atoms with E-state index in [9.17, 15) is 0 Å². The average Bonchev–Trinajstić information content (AvgIpc) is 2.24. The third-order valence-electron chi connectivity index (χ3n) is 3.25. The maximum atomic E-state index is 5.11. The van der Waals surface area contributed by atoms with E-state index in [-0.39, 0.29) is 0 Å². The molecule has 0 N–H and O–H groups in total. The molecular weight excluding hydrogens is 200 g/mol. The van der Waals surface area contributed by atoms with Crippen LogP contribution in [0.3, 0.4) is 0 Å². The molecule has 1 heterocycles. The summed E-state index contributed by atoms with van der Waals surface area (Å²) in [5, 5.41) is 0. The van der Waals surface area contributed by atoms with Gasteiger partial charge in [-0.25, -0.2) is 0 Å². The fourth-order valence-corrected chi connectivity index (χ4v) is 1.95. The van der Waals surface area contributed by atoms with Gasteiger partial charge in [0.1, 0.15) is 0 Å². The lowest BCUT2D eigenvalue weighted by molar-refractivity contribution is 0.0914. The Morgan fingerprint density at radius 2 is 1.44 bits per heavy atom. The molecule has 3 nitrogen and oxygen atoms in total. The highest BCUT2D eigenvalue weighted by atomic mass is 16.5. The van der Waals surface area contributed by atoms with Gasteiger partial charge in [-0.1, -0.05) is 20.8 Å². The van der Waals surface area contributed by atoms with Crippen molar-refractivity contribution in [2.75, 3.05) is 53.0 Å². The first-order valence-electron chi connectivity index (χ1n) is 6.45. The molecule has 1 aliphatic rings. The van der Waals surface area contributed by atoms with Gasteiger partial charge in [-0.15, -0.1) is 0 Å². The second-order valence-corrected chi connectivity index (χ2v) is 5.99. The summed E-state index contributed by atoms with van der Waals surface area (Å²) in [6, 6.07) is 0. The molecule has 0 unspecified atom stereocenters. The number of rotatable bonds is 5. The standard InChI is InChI=1S/C13H28N2O/c1-13(2,3)5-6-14-7-9-15(10-8-14)11-12-16-4/h5-12H2,1-4H3. The fourth-order valence-electron chi connectivity index (χ4n) is 1.95. The van der Waals surface area contributed by atoms with Crippen LogP contribution in [-0.2, 0) is 4.74 Å². The third kappa shape index (κ3) is 5.83. The van der Waals surface area contributed by atoms with Crippen LogP contribution in [-0.4, -0.2) is 62.8 Å². The Balaban J connectivity index is 2.12. The number of hydrogen-bond donors (Lipinski definition) is 0. The van der Waals surface area contributed by atoms with E-state index in [1.54, 1.807) is 7.11 Å². The topological polar surface area (TPSA) is 15.7 Å². The predicted molar refractivity (Wildman–Crippen MR) is 68.8 cm³/mol. The molecule has 0 aromatic heterocycles. The van der Waals surface area contributed by atoms with E-state index in [1.807, 2.05) is 0 Å². The summed E-state index contributed by atoms with van der Waals surface area (Å²) in [5.41, 5.74) is 0.465. The monoisotopic (exact) mass is 228 g/mol. The summed E-state index contributed by atoms with van der Waals surface area (Å²) in [7, 11) is 1.78. The van der Waals surface area contributed by atoms with E-state index in [4.69, 9.17) is 4.74 Å². The van der Waals surface area contributed by atoms with Crippen molar-refractivity contribution >= 4 is 0 Å². The Morgan fingerprint density at radius 3 is 1.88 bits per heavy atom. The maximum Gasteiger partial charge on any atom is 0.0589 e. The maximum absolute atomic E-state index is 5.11. The van der Waals surface area contributed by atoms with E-state index in [1.165, 1.54) is 39.1 Å². The number of piperazine rings is 1. The van der Waals surface area contributed by atoms with Gasteiger partial charge in [-0.2, -0.15) is 0 Å². The van der Waals surface area contributed by atoms with Crippen LogP contribution < -0.4 is 0 Å². The van der Waals surface area contributed by atoms with Crippen molar-refractivity contribution < 1.29 is 4.74 Å². The molecule has 0 radical (unpaired) electrons. The molecule has 0 saturated carbocycles. The molecule has 0 bridgehead atoms. The van der Waals surface area contributed by atoms with E-state index in [0.29, 0.717) is 5.41 Å². The van der Waals surface area contributed by atoms with Gasteiger partial charge in [-0.05, 0) is 18.4 Å². The first-order chi connectivity index (χ1) is 7.51. The summed E-state index contributed by atoms with van der Waals surface area (Å²) < 4.78 is 5.11. The highest BCUT2D eigenvalue weighted by molar-refractivity contribution is 4.73. The Bertz CT molecular complexity index is 181. The number of hydrogen-bond acceptors (Lipinski definition) is 3. The van der Waals surface area contributed by atoms with E-state index < -0.39 is 0 Å². The van der Waals surface area contributed by atoms with Crippen LogP contribution in [0.4, 0.5) is 0 Å². The lowest BCUT2D eigenvalue weighted by atomic mass is 9.92. The first-order valence-corrected chi connectivity index (χ1v) is 6.45. The van der Waals surface area contributed by atoms with E-state index in [0.717, 1.165) is 13.2 Å². The highest BCUT2D eigenvalue weighted by Gasteiger charge is 2.18. The second kappa shape index (κ2) is 6.58. The van der Waals surface area contributed by atoms with Crippen LogP contribution in [0.25, 0.3) is 0 Å². The molecule has 1 rings (SSSR count). The van der Waals surface area contributed by atoms with Gasteiger partial charge in [0, 0.05) is 39.8 Å². The summed E-state index contributed by atoms with van der Waals surface area (Å²) in [6.07, 6.45) is 1.30. The average molecular weight is 228 g/mol. The van der Waals surface area contributed by atoms with Crippen LogP contribution in [0, 0.1) is 5.41 Å². The minimum absolute atomic E-state index is 0.465. The lowest BCUT2D eigenvalue weighted by Crippen LogP contribution is -2.47. The van der Waals surface area contributed by atoms with Gasteiger partial charge in [0.25, 0.3) is 0 Å². The van der Waals surface area contributed by atoms with Crippen molar-refractivity contribution in [3.8, 4) is 0 Å². The molecule has 3 heteroatoms. The molecule has 0 amide bonds. The van der Waals surface area contributed by atoms with Crippen LogP contribution in [0.1, 0.15) is 27.2 Å².